The molecule has 1 unspecified atom stereocenters. The number of hydrogen-bond donors (Lipinski definition) is 1. The van der Waals surface area contributed by atoms with Gasteiger partial charge in [0, 0.05) is 24.5 Å². The Morgan fingerprint density at radius 3 is 3.15 bits per heavy atom. The van der Waals surface area contributed by atoms with Gasteiger partial charge in [-0.25, -0.2) is 4.98 Å². The number of anilines is 1. The first-order valence-corrected chi connectivity index (χ1v) is 5.60. The van der Waals surface area contributed by atoms with E-state index in [-0.39, 0.29) is 0 Å². The van der Waals surface area contributed by atoms with E-state index in [2.05, 4.69) is 22.2 Å². The highest BCUT2D eigenvalue weighted by atomic mass is 32.1. The minimum absolute atomic E-state index is 0.554. The molecule has 1 saturated heterocycles. The Kier molecular flexibility index (Phi) is 2.51. The minimum Gasteiger partial charge on any atom is -0.345 e. The van der Waals surface area contributed by atoms with Gasteiger partial charge < -0.3 is 10.6 Å². The predicted molar refractivity (Wildman–Crippen MR) is 56.0 cm³/mol. The quantitative estimate of drug-likeness (QED) is 0.783. The van der Waals surface area contributed by atoms with Crippen LogP contribution in [0.4, 0.5) is 5.13 Å². The van der Waals surface area contributed by atoms with Crippen LogP contribution >= 0.6 is 11.3 Å². The van der Waals surface area contributed by atoms with Crippen molar-refractivity contribution in [1.29, 1.82) is 0 Å². The molecule has 0 amide bonds. The maximum atomic E-state index is 5.52. The summed E-state index contributed by atoms with van der Waals surface area (Å²) in [6, 6.07) is 0.650. The summed E-state index contributed by atoms with van der Waals surface area (Å²) >= 11 is 1.71. The Bertz CT molecular complexity index is 284. The summed E-state index contributed by atoms with van der Waals surface area (Å²) in [5.41, 5.74) is 6.54. The largest absolute Gasteiger partial charge is 0.345 e. The number of rotatable bonds is 2. The maximum Gasteiger partial charge on any atom is 0.185 e. The lowest BCUT2D eigenvalue weighted by Crippen LogP contribution is -2.26. The smallest absolute Gasteiger partial charge is 0.185 e. The van der Waals surface area contributed by atoms with Crippen molar-refractivity contribution in [2.45, 2.75) is 32.4 Å². The molecule has 0 bridgehead atoms. The summed E-state index contributed by atoms with van der Waals surface area (Å²) in [6.07, 6.45) is 2.58. The van der Waals surface area contributed by atoms with E-state index in [9.17, 15) is 0 Å². The Hall–Kier alpha value is -0.610. The van der Waals surface area contributed by atoms with E-state index < -0.39 is 0 Å². The van der Waals surface area contributed by atoms with Crippen LogP contribution in [0.15, 0.2) is 5.38 Å². The molecule has 4 heteroatoms. The van der Waals surface area contributed by atoms with Gasteiger partial charge in [-0.15, -0.1) is 11.3 Å². The topological polar surface area (TPSA) is 42.2 Å². The van der Waals surface area contributed by atoms with Crippen LogP contribution in [0.5, 0.6) is 0 Å². The third-order valence-electron chi connectivity index (χ3n) is 2.55. The molecule has 1 aliphatic heterocycles. The van der Waals surface area contributed by atoms with E-state index >= 15 is 0 Å². The molecule has 2 heterocycles. The van der Waals surface area contributed by atoms with Crippen LogP contribution in [-0.4, -0.2) is 17.6 Å². The number of nitrogens with two attached hydrogens (primary N) is 1. The molecule has 72 valence electrons. The fraction of sp³-hybridized carbons (Fsp3) is 0.667. The van der Waals surface area contributed by atoms with Gasteiger partial charge in [0.2, 0.25) is 0 Å². The summed E-state index contributed by atoms with van der Waals surface area (Å²) in [7, 11) is 0. The second-order valence-electron chi connectivity index (χ2n) is 3.51. The zero-order valence-corrected chi connectivity index (χ0v) is 8.68. The molecule has 2 rings (SSSR count). The molecule has 1 aromatic rings. The monoisotopic (exact) mass is 197 g/mol. The van der Waals surface area contributed by atoms with E-state index in [0.29, 0.717) is 12.6 Å². The van der Waals surface area contributed by atoms with E-state index in [0.717, 1.165) is 17.4 Å². The molecule has 0 radical (unpaired) electrons. The van der Waals surface area contributed by atoms with Crippen molar-refractivity contribution in [2.75, 3.05) is 11.4 Å². The van der Waals surface area contributed by atoms with Crippen LogP contribution in [0.25, 0.3) is 0 Å². The number of nitrogens with zero attached hydrogens (tertiary/aromatic N) is 2. The molecule has 0 aromatic carbocycles. The summed E-state index contributed by atoms with van der Waals surface area (Å²) < 4.78 is 0. The highest BCUT2D eigenvalue weighted by molar-refractivity contribution is 7.13. The van der Waals surface area contributed by atoms with Gasteiger partial charge in [-0.05, 0) is 19.8 Å². The zero-order chi connectivity index (χ0) is 9.26. The lowest BCUT2D eigenvalue weighted by molar-refractivity contribution is 0.731. The molecule has 1 aromatic heterocycles. The lowest BCUT2D eigenvalue weighted by atomic mass is 10.2. The summed E-state index contributed by atoms with van der Waals surface area (Å²) in [4.78, 5) is 6.86. The molecule has 1 aliphatic rings. The van der Waals surface area contributed by atoms with Gasteiger partial charge in [0.15, 0.2) is 5.13 Å². The van der Waals surface area contributed by atoms with Crippen molar-refractivity contribution >= 4 is 16.5 Å². The third kappa shape index (κ3) is 1.69. The molecular formula is C9H15N3S. The van der Waals surface area contributed by atoms with Gasteiger partial charge in [-0.2, -0.15) is 0 Å². The fourth-order valence-corrected chi connectivity index (χ4v) is 2.71. The predicted octanol–water partition coefficient (Wildman–Crippen LogP) is 1.59. The van der Waals surface area contributed by atoms with Crippen molar-refractivity contribution in [3.8, 4) is 0 Å². The van der Waals surface area contributed by atoms with Crippen LogP contribution < -0.4 is 10.6 Å². The molecule has 1 atom stereocenters. The van der Waals surface area contributed by atoms with Crippen molar-refractivity contribution in [2.24, 2.45) is 5.73 Å². The SMILES string of the molecule is CC1CCCN1c1nc(CN)cs1. The minimum atomic E-state index is 0.554. The first-order chi connectivity index (χ1) is 6.31. The molecule has 2 N–H and O–H groups in total. The molecule has 13 heavy (non-hydrogen) atoms. The van der Waals surface area contributed by atoms with Crippen LogP contribution in [0.1, 0.15) is 25.5 Å². The van der Waals surface area contributed by atoms with Crippen LogP contribution in [0.3, 0.4) is 0 Å². The standard InChI is InChI=1S/C9H15N3S/c1-7-3-2-4-12(7)9-11-8(5-10)6-13-9/h6-7H,2-5,10H2,1H3. The summed E-state index contributed by atoms with van der Waals surface area (Å²) in [5, 5.41) is 3.20. The van der Waals surface area contributed by atoms with Crippen molar-refractivity contribution < 1.29 is 0 Å². The van der Waals surface area contributed by atoms with Gasteiger partial charge in [0.1, 0.15) is 0 Å². The van der Waals surface area contributed by atoms with E-state index in [1.807, 2.05) is 0 Å². The highest BCUT2D eigenvalue weighted by Gasteiger charge is 2.22. The average molecular weight is 197 g/mol. The Morgan fingerprint density at radius 2 is 2.62 bits per heavy atom. The number of hydrogen-bond acceptors (Lipinski definition) is 4. The summed E-state index contributed by atoms with van der Waals surface area (Å²) in [6.45, 7) is 3.97. The zero-order valence-electron chi connectivity index (χ0n) is 7.86. The third-order valence-corrected chi connectivity index (χ3v) is 3.47. The Morgan fingerprint density at radius 1 is 1.77 bits per heavy atom. The Labute approximate surface area is 82.6 Å². The highest BCUT2D eigenvalue weighted by Crippen LogP contribution is 2.27. The molecule has 0 saturated carbocycles. The van der Waals surface area contributed by atoms with Gasteiger partial charge in [0.05, 0.1) is 5.69 Å². The van der Waals surface area contributed by atoms with Crippen LogP contribution in [-0.2, 0) is 6.54 Å². The molecular weight excluding hydrogens is 182 g/mol. The lowest BCUT2D eigenvalue weighted by Gasteiger charge is -2.19. The average Bonchev–Trinajstić information content (AvgIpc) is 2.71. The molecule has 1 fully saturated rings. The second kappa shape index (κ2) is 3.64. The van der Waals surface area contributed by atoms with E-state index in [4.69, 9.17) is 5.73 Å². The maximum absolute atomic E-state index is 5.52. The van der Waals surface area contributed by atoms with Crippen molar-refractivity contribution in [1.82, 2.24) is 4.98 Å². The van der Waals surface area contributed by atoms with Crippen molar-refractivity contribution in [3.05, 3.63) is 11.1 Å². The molecule has 0 aliphatic carbocycles. The normalized spacial score (nSPS) is 22.6. The van der Waals surface area contributed by atoms with E-state index in [1.165, 1.54) is 12.8 Å². The van der Waals surface area contributed by atoms with Gasteiger partial charge >= 0.3 is 0 Å². The number of thiazole rings is 1. The van der Waals surface area contributed by atoms with Crippen molar-refractivity contribution in [3.63, 3.8) is 0 Å². The Balaban J connectivity index is 2.15. The van der Waals surface area contributed by atoms with Gasteiger partial charge in [-0.3, -0.25) is 0 Å². The van der Waals surface area contributed by atoms with Crippen LogP contribution in [0, 0.1) is 0 Å². The molecule has 3 nitrogen and oxygen atoms in total. The second-order valence-corrected chi connectivity index (χ2v) is 4.35. The van der Waals surface area contributed by atoms with E-state index in [1.54, 1.807) is 11.3 Å². The van der Waals surface area contributed by atoms with Gasteiger partial charge in [0.25, 0.3) is 0 Å². The molecule has 0 spiro atoms. The first-order valence-electron chi connectivity index (χ1n) is 4.72. The summed E-state index contributed by atoms with van der Waals surface area (Å²) in [5.74, 6) is 0. The first kappa shape index (κ1) is 8.97. The van der Waals surface area contributed by atoms with Crippen LogP contribution in [0.2, 0.25) is 0 Å². The number of aromatic nitrogens is 1. The van der Waals surface area contributed by atoms with Gasteiger partial charge in [-0.1, -0.05) is 0 Å². The fourth-order valence-electron chi connectivity index (χ4n) is 1.74.